The van der Waals surface area contributed by atoms with Gasteiger partial charge in [0.1, 0.15) is 5.78 Å². The number of aliphatic hydroxyl groups excluding tert-OH is 1. The molecule has 0 amide bonds. The summed E-state index contributed by atoms with van der Waals surface area (Å²) in [5.41, 5.74) is -1.47. The Labute approximate surface area is 212 Å². The van der Waals surface area contributed by atoms with Gasteiger partial charge in [0, 0.05) is 29.2 Å². The van der Waals surface area contributed by atoms with Crippen LogP contribution in [0, 0.1) is 44.8 Å². The number of hydrogen-bond donors (Lipinski definition) is 1. The number of halogens is 3. The predicted octanol–water partition coefficient (Wildman–Crippen LogP) is 4.87. The van der Waals surface area contributed by atoms with E-state index in [-0.39, 0.29) is 46.6 Å². The number of ether oxygens (including phenoxy) is 1. The topological polar surface area (TPSA) is 62.1 Å². The predicted molar refractivity (Wildman–Crippen MR) is 129 cm³/mol. The van der Waals surface area contributed by atoms with Crippen LogP contribution in [0.15, 0.2) is 4.99 Å². The third-order valence-electron chi connectivity index (χ3n) is 13.0. The second-order valence-corrected chi connectivity index (χ2v) is 14.2. The van der Waals surface area contributed by atoms with E-state index in [0.29, 0.717) is 18.6 Å². The lowest BCUT2D eigenvalue weighted by Gasteiger charge is -2.63. The number of Topliss-reactive ketones (excluding diaryl/α,β-unsaturated/α-hetero) is 1. The van der Waals surface area contributed by atoms with E-state index in [1.54, 1.807) is 0 Å². The fourth-order valence-corrected chi connectivity index (χ4v) is 11.1. The average molecular weight is 511 g/mol. The highest BCUT2D eigenvalue weighted by atomic mass is 19.4. The molecule has 1 N–H and O–H groups in total. The van der Waals surface area contributed by atoms with E-state index in [1.807, 2.05) is 14.1 Å². The van der Waals surface area contributed by atoms with Gasteiger partial charge in [0.2, 0.25) is 0 Å². The summed E-state index contributed by atoms with van der Waals surface area (Å²) in [5.74, 6) is -0.362. The molecule has 0 aromatic rings. The molecule has 11 atom stereocenters. The number of rotatable bonds is 2. The molecule has 36 heavy (non-hydrogen) atoms. The maximum absolute atomic E-state index is 14.3. The number of carbonyl (C=O) groups is 1. The number of hydrogen-bond acceptors (Lipinski definition) is 5. The minimum atomic E-state index is -4.56. The van der Waals surface area contributed by atoms with Gasteiger partial charge in [-0.1, -0.05) is 20.8 Å². The van der Waals surface area contributed by atoms with E-state index in [9.17, 15) is 23.1 Å². The largest absolute Gasteiger partial charge is 0.474 e. The third-order valence-corrected chi connectivity index (χ3v) is 13.0. The molecular weight excluding hydrogens is 469 g/mol. The second-order valence-electron chi connectivity index (χ2n) is 14.2. The van der Waals surface area contributed by atoms with Crippen LogP contribution in [-0.4, -0.2) is 66.8 Å². The Bertz CT molecular complexity index is 1030. The van der Waals surface area contributed by atoms with Gasteiger partial charge in [-0.05, 0) is 87.6 Å². The number of nitrogens with zero attached hydrogens (tertiary/aromatic N) is 2. The molecule has 1 heterocycles. The molecule has 6 aliphatic rings. The first-order chi connectivity index (χ1) is 16.6. The molecule has 8 heteroatoms. The molecule has 0 unspecified atom stereocenters. The summed E-state index contributed by atoms with van der Waals surface area (Å²) in [5, 5.41) is 11.4. The minimum Gasteiger partial charge on any atom is -0.474 e. The van der Waals surface area contributed by atoms with Crippen LogP contribution in [0.3, 0.4) is 0 Å². The van der Waals surface area contributed by atoms with Gasteiger partial charge in [0.15, 0.2) is 0 Å². The van der Waals surface area contributed by atoms with Crippen LogP contribution in [0.1, 0.15) is 72.6 Å². The Morgan fingerprint density at radius 3 is 2.42 bits per heavy atom. The number of fused-ring (bicyclic) bond motifs is 4. The monoisotopic (exact) mass is 510 g/mol. The van der Waals surface area contributed by atoms with Gasteiger partial charge < -0.3 is 14.7 Å². The highest BCUT2D eigenvalue weighted by Crippen LogP contribution is 2.88. The molecular formula is C28H41F3N2O3. The highest BCUT2D eigenvalue weighted by Gasteiger charge is 2.86. The minimum absolute atomic E-state index is 0.0213. The maximum Gasteiger partial charge on any atom is 0.468 e. The van der Waals surface area contributed by atoms with Gasteiger partial charge in [-0.15, -0.1) is 0 Å². The number of carbonyl (C=O) groups excluding carboxylic acids is 1. The smallest absolute Gasteiger partial charge is 0.468 e. The van der Waals surface area contributed by atoms with Crippen molar-refractivity contribution < 1.29 is 27.8 Å². The quantitative estimate of drug-likeness (QED) is 0.576. The van der Waals surface area contributed by atoms with Crippen LogP contribution in [0.4, 0.5) is 13.2 Å². The lowest BCUT2D eigenvalue weighted by Crippen LogP contribution is -2.63. The zero-order valence-corrected chi connectivity index (χ0v) is 22.4. The molecule has 1 aliphatic heterocycles. The van der Waals surface area contributed by atoms with Crippen LogP contribution >= 0.6 is 0 Å². The van der Waals surface area contributed by atoms with Crippen molar-refractivity contribution in [3.8, 4) is 0 Å². The molecule has 5 fully saturated rings. The summed E-state index contributed by atoms with van der Waals surface area (Å²) in [6.45, 7) is 8.82. The molecule has 0 aromatic carbocycles. The van der Waals surface area contributed by atoms with E-state index in [2.05, 4.69) is 37.6 Å². The van der Waals surface area contributed by atoms with E-state index in [1.165, 1.54) is 0 Å². The fraction of sp³-hybridized carbons (Fsp3) is 0.929. The normalized spacial score (nSPS) is 54.4. The summed E-state index contributed by atoms with van der Waals surface area (Å²) in [7, 11) is 4.09. The molecule has 2 spiro atoms. The van der Waals surface area contributed by atoms with E-state index < -0.39 is 35.0 Å². The van der Waals surface area contributed by atoms with Gasteiger partial charge in [-0.3, -0.25) is 4.79 Å². The Balaban J connectivity index is 1.37. The molecule has 202 valence electrons. The molecule has 0 bridgehead atoms. The summed E-state index contributed by atoms with van der Waals surface area (Å²) < 4.78 is 45.4. The van der Waals surface area contributed by atoms with Crippen LogP contribution in [-0.2, 0) is 9.53 Å². The number of alkyl halides is 3. The fourth-order valence-electron chi connectivity index (χ4n) is 11.1. The Kier molecular flexibility index (Phi) is 4.94. The first kappa shape index (κ1) is 25.1. The number of aliphatic hydroxyl groups is 1. The van der Waals surface area contributed by atoms with E-state index in [0.717, 1.165) is 32.1 Å². The van der Waals surface area contributed by atoms with Crippen LogP contribution < -0.4 is 0 Å². The van der Waals surface area contributed by atoms with Crippen molar-refractivity contribution in [1.82, 2.24) is 4.90 Å². The Hall–Kier alpha value is -1.15. The lowest BCUT2D eigenvalue weighted by molar-refractivity contribution is -0.173. The van der Waals surface area contributed by atoms with Crippen molar-refractivity contribution in [1.29, 1.82) is 0 Å². The van der Waals surface area contributed by atoms with Crippen molar-refractivity contribution in [3.63, 3.8) is 0 Å². The van der Waals surface area contributed by atoms with Crippen LogP contribution in [0.5, 0.6) is 0 Å². The summed E-state index contributed by atoms with van der Waals surface area (Å²) >= 11 is 0. The zero-order chi connectivity index (χ0) is 26.3. The molecule has 5 aliphatic carbocycles. The van der Waals surface area contributed by atoms with Crippen molar-refractivity contribution in [2.24, 2.45) is 49.8 Å². The SMILES string of the molecule is C[C@@H]([C@H]1[C@H](O)C[C@@]2(C)[C@@H]3CC[C@H]4[C@]5(C)COC(C(F)(F)F)=N[C@H]5CC[C@@]45C[C@]35C(=O)C[C@]12C)N(C)C. The summed E-state index contributed by atoms with van der Waals surface area (Å²) in [6.07, 6.45) is 0.176. The van der Waals surface area contributed by atoms with Gasteiger partial charge in [-0.2, -0.15) is 13.2 Å². The molecule has 0 saturated heterocycles. The van der Waals surface area contributed by atoms with Gasteiger partial charge >= 0.3 is 6.18 Å². The Morgan fingerprint density at radius 1 is 1.11 bits per heavy atom. The van der Waals surface area contributed by atoms with Crippen molar-refractivity contribution in [3.05, 3.63) is 0 Å². The second kappa shape index (κ2) is 7.08. The average Bonchev–Trinajstić information content (AvgIpc) is 3.41. The third kappa shape index (κ3) is 2.66. The van der Waals surface area contributed by atoms with Crippen LogP contribution in [0.25, 0.3) is 0 Å². The van der Waals surface area contributed by atoms with Crippen LogP contribution in [0.2, 0.25) is 0 Å². The standard InChI is InChI=1S/C28H41F3N2O3/c1-15(33(5)6)21-16(34)11-24(3)18-8-7-17-23(2)14-36-22(28(29,30)31)32-19(23)9-10-26(17)13-27(18,26)20(35)12-25(21,24)4/h15-19,21,34H,7-14H2,1-6H3/t15-,16+,17-,18-,19-,21-,23-,24-,25+,26+,27+/m0/s1. The molecule has 0 radical (unpaired) electrons. The van der Waals surface area contributed by atoms with Gasteiger partial charge in [0.25, 0.3) is 5.90 Å². The molecule has 0 aromatic heterocycles. The maximum atomic E-state index is 14.3. The van der Waals surface area contributed by atoms with Crippen molar-refractivity contribution in [2.45, 2.75) is 97.0 Å². The highest BCUT2D eigenvalue weighted by molar-refractivity contribution is 5.92. The number of aliphatic imine (C=N–C) groups is 1. The van der Waals surface area contributed by atoms with E-state index >= 15 is 0 Å². The Morgan fingerprint density at radius 2 is 1.78 bits per heavy atom. The lowest BCUT2D eigenvalue weighted by atomic mass is 9.41. The van der Waals surface area contributed by atoms with E-state index in [4.69, 9.17) is 4.74 Å². The first-order valence-corrected chi connectivity index (χ1v) is 13.7. The van der Waals surface area contributed by atoms with Crippen molar-refractivity contribution >= 4 is 11.7 Å². The summed E-state index contributed by atoms with van der Waals surface area (Å²) in [4.78, 5) is 20.6. The van der Waals surface area contributed by atoms with Gasteiger partial charge in [-0.25, -0.2) is 4.99 Å². The number of ketones is 1. The zero-order valence-electron chi connectivity index (χ0n) is 22.4. The molecule has 5 saturated carbocycles. The first-order valence-electron chi connectivity index (χ1n) is 13.7. The van der Waals surface area contributed by atoms with Crippen molar-refractivity contribution in [2.75, 3.05) is 20.7 Å². The molecule has 6 rings (SSSR count). The molecule has 5 nitrogen and oxygen atoms in total. The van der Waals surface area contributed by atoms with Gasteiger partial charge in [0.05, 0.1) is 18.8 Å². The summed E-state index contributed by atoms with van der Waals surface area (Å²) in [6, 6.07) is -0.251.